The predicted molar refractivity (Wildman–Crippen MR) is 240 cm³/mol. The Morgan fingerprint density at radius 1 is 0.569 bits per heavy atom. The molecule has 0 saturated carbocycles. The van der Waals surface area contributed by atoms with Crippen LogP contribution in [0.4, 0.5) is 0 Å². The van der Waals surface area contributed by atoms with Crippen LogP contribution in [-0.4, -0.2) is 42.9 Å². The van der Waals surface area contributed by atoms with Gasteiger partial charge < -0.3 is 24.3 Å². The SMILES string of the molecule is CCCCC(CC)COc1ccc(-c2nc(-c3ccc(OCC(CC)CCCC)c(C)c3O)nc(-c3c(C)n(CC(CC)CCCC)c4ccccc34)n2)c(O)c1C. The van der Waals surface area contributed by atoms with Gasteiger partial charge in [-0.3, -0.25) is 0 Å². The second-order valence-electron chi connectivity index (χ2n) is 16.4. The van der Waals surface area contributed by atoms with Gasteiger partial charge in [0.25, 0.3) is 0 Å². The molecule has 0 spiro atoms. The Bertz CT molecular complexity index is 1990. The van der Waals surface area contributed by atoms with E-state index in [0.717, 1.165) is 73.7 Å². The van der Waals surface area contributed by atoms with Crippen molar-refractivity contribution in [2.75, 3.05) is 13.2 Å². The molecule has 0 saturated heterocycles. The molecule has 0 aliphatic rings. The summed E-state index contributed by atoms with van der Waals surface area (Å²) in [4.78, 5) is 15.3. The highest BCUT2D eigenvalue weighted by Gasteiger charge is 2.25. The molecule has 0 amide bonds. The third-order valence-corrected chi connectivity index (χ3v) is 12.4. The third-order valence-electron chi connectivity index (χ3n) is 12.4. The van der Waals surface area contributed by atoms with Crippen molar-refractivity contribution in [3.05, 3.63) is 65.4 Å². The average molecular weight is 791 g/mol. The maximum Gasteiger partial charge on any atom is 0.167 e. The first-order chi connectivity index (χ1) is 28.1. The number of nitrogens with zero attached hydrogens (tertiary/aromatic N) is 4. The molecule has 8 heteroatoms. The molecule has 0 fully saturated rings. The van der Waals surface area contributed by atoms with E-state index in [-0.39, 0.29) is 11.5 Å². The topological polar surface area (TPSA) is 103 Å². The van der Waals surface area contributed by atoms with E-state index in [1.54, 1.807) is 0 Å². The molecule has 2 heterocycles. The van der Waals surface area contributed by atoms with Crippen LogP contribution in [0.5, 0.6) is 23.0 Å². The lowest BCUT2D eigenvalue weighted by Crippen LogP contribution is -2.12. The van der Waals surface area contributed by atoms with Gasteiger partial charge >= 0.3 is 0 Å². The van der Waals surface area contributed by atoms with Crippen LogP contribution >= 0.6 is 0 Å². The van der Waals surface area contributed by atoms with Gasteiger partial charge in [-0.15, -0.1) is 0 Å². The summed E-state index contributed by atoms with van der Waals surface area (Å²) in [5, 5.41) is 24.7. The zero-order chi connectivity index (χ0) is 41.8. The first-order valence-corrected chi connectivity index (χ1v) is 22.4. The van der Waals surface area contributed by atoms with E-state index in [2.05, 4.69) is 77.3 Å². The molecule has 314 valence electrons. The van der Waals surface area contributed by atoms with Crippen LogP contribution in [-0.2, 0) is 6.54 Å². The summed E-state index contributed by atoms with van der Waals surface area (Å²) in [6, 6.07) is 16.0. The maximum absolute atomic E-state index is 11.8. The number of fused-ring (bicyclic) bond motifs is 1. The van der Waals surface area contributed by atoms with Crippen molar-refractivity contribution in [3.8, 4) is 57.2 Å². The number of rotatable bonds is 23. The monoisotopic (exact) mass is 791 g/mol. The number of benzene rings is 3. The Balaban J connectivity index is 1.64. The van der Waals surface area contributed by atoms with Gasteiger partial charge in [0.2, 0.25) is 0 Å². The lowest BCUT2D eigenvalue weighted by atomic mass is 9.99. The molecule has 3 atom stereocenters. The van der Waals surface area contributed by atoms with E-state index in [0.29, 0.717) is 82.2 Å². The fourth-order valence-corrected chi connectivity index (χ4v) is 8.10. The van der Waals surface area contributed by atoms with Crippen molar-refractivity contribution in [2.24, 2.45) is 17.8 Å². The third kappa shape index (κ3) is 10.3. The minimum Gasteiger partial charge on any atom is -0.507 e. The van der Waals surface area contributed by atoms with Crippen molar-refractivity contribution in [2.45, 2.75) is 146 Å². The fourth-order valence-electron chi connectivity index (χ4n) is 8.10. The molecule has 5 aromatic rings. The molecule has 3 aromatic carbocycles. The molecule has 0 radical (unpaired) electrons. The molecular formula is C50H70N4O4. The van der Waals surface area contributed by atoms with Gasteiger partial charge in [0, 0.05) is 39.8 Å². The van der Waals surface area contributed by atoms with Crippen LogP contribution < -0.4 is 9.47 Å². The maximum atomic E-state index is 11.8. The number of aromatic hydroxyl groups is 2. The van der Waals surface area contributed by atoms with Crippen molar-refractivity contribution < 1.29 is 19.7 Å². The van der Waals surface area contributed by atoms with Crippen molar-refractivity contribution in [3.63, 3.8) is 0 Å². The molecule has 0 aliphatic heterocycles. The second-order valence-corrected chi connectivity index (χ2v) is 16.4. The number of hydrogen-bond donors (Lipinski definition) is 2. The number of phenols is 2. The van der Waals surface area contributed by atoms with E-state index < -0.39 is 0 Å². The van der Waals surface area contributed by atoms with Crippen LogP contribution in [0.2, 0.25) is 0 Å². The highest BCUT2D eigenvalue weighted by atomic mass is 16.5. The molecule has 5 rings (SSSR count). The Morgan fingerprint density at radius 3 is 1.48 bits per heavy atom. The van der Waals surface area contributed by atoms with Gasteiger partial charge in [-0.05, 0) is 88.1 Å². The minimum atomic E-state index is 0.0702. The molecule has 0 aliphatic carbocycles. The number of unbranched alkanes of at least 4 members (excludes halogenated alkanes) is 3. The fraction of sp³-hybridized carbons (Fsp3) is 0.540. The molecule has 2 N–H and O–H groups in total. The van der Waals surface area contributed by atoms with Gasteiger partial charge in [-0.1, -0.05) is 118 Å². The first-order valence-electron chi connectivity index (χ1n) is 22.4. The summed E-state index contributed by atoms with van der Waals surface area (Å²) < 4.78 is 15.1. The Morgan fingerprint density at radius 2 is 1.02 bits per heavy atom. The standard InChI is InChI=1S/C50H70N4O4/c1-10-16-21-36(13-4)30-54-35(9)45(39-24-19-20-25-42(39)54)50-52-48(40-26-28-43(33(7)46(40)55)57-31-37(14-5)22-17-11-2)51-49(53-50)41-27-29-44(34(8)47(41)56)58-32-38(15-6)23-18-12-3/h19-20,24-29,36-38,55-56H,10-18,21-23,30-32H2,1-9H3. The van der Waals surface area contributed by atoms with E-state index >= 15 is 0 Å². The number of phenolic OH excluding ortho intramolecular Hbond substituents is 2. The largest absolute Gasteiger partial charge is 0.507 e. The molecule has 8 nitrogen and oxygen atoms in total. The Kier molecular flexibility index (Phi) is 16.4. The van der Waals surface area contributed by atoms with Crippen LogP contribution in [0, 0.1) is 38.5 Å². The zero-order valence-corrected chi connectivity index (χ0v) is 37.0. The number of para-hydroxylation sites is 1. The smallest absolute Gasteiger partial charge is 0.167 e. The van der Waals surface area contributed by atoms with Crippen molar-refractivity contribution in [1.82, 2.24) is 19.5 Å². The number of ether oxygens (including phenoxy) is 2. The number of hydrogen-bond acceptors (Lipinski definition) is 7. The zero-order valence-electron chi connectivity index (χ0n) is 37.0. The quantitative estimate of drug-likeness (QED) is 0.0679. The normalized spacial score (nSPS) is 13.2. The highest BCUT2D eigenvalue weighted by molar-refractivity contribution is 5.97. The lowest BCUT2D eigenvalue weighted by Gasteiger charge is -2.19. The molecular weight excluding hydrogens is 721 g/mol. The van der Waals surface area contributed by atoms with E-state index in [4.69, 9.17) is 24.4 Å². The summed E-state index contributed by atoms with van der Waals surface area (Å²) in [6.45, 7) is 21.4. The first kappa shape index (κ1) is 44.5. The van der Waals surface area contributed by atoms with Gasteiger partial charge in [0.15, 0.2) is 17.5 Å². The van der Waals surface area contributed by atoms with Crippen molar-refractivity contribution >= 4 is 10.9 Å². The lowest BCUT2D eigenvalue weighted by molar-refractivity contribution is 0.231. The summed E-state index contributed by atoms with van der Waals surface area (Å²) >= 11 is 0. The Hall–Kier alpha value is -4.59. The van der Waals surface area contributed by atoms with Gasteiger partial charge in [0.05, 0.1) is 24.3 Å². The molecule has 58 heavy (non-hydrogen) atoms. The van der Waals surface area contributed by atoms with Gasteiger partial charge in [0.1, 0.15) is 23.0 Å². The molecule has 2 aromatic heterocycles. The van der Waals surface area contributed by atoms with E-state index in [1.165, 1.54) is 32.1 Å². The van der Waals surface area contributed by atoms with E-state index in [1.807, 2.05) is 38.1 Å². The van der Waals surface area contributed by atoms with Crippen LogP contribution in [0.3, 0.4) is 0 Å². The Labute approximate surface area is 348 Å². The predicted octanol–water partition coefficient (Wildman–Crippen LogP) is 13.6. The summed E-state index contributed by atoms with van der Waals surface area (Å²) in [5.74, 6) is 4.06. The summed E-state index contributed by atoms with van der Waals surface area (Å²) in [5.41, 5.74) is 5.38. The van der Waals surface area contributed by atoms with E-state index in [9.17, 15) is 10.2 Å². The number of aromatic nitrogens is 4. The van der Waals surface area contributed by atoms with Crippen LogP contribution in [0.15, 0.2) is 48.5 Å². The second kappa shape index (κ2) is 21.4. The van der Waals surface area contributed by atoms with Crippen molar-refractivity contribution in [1.29, 1.82) is 0 Å². The summed E-state index contributed by atoms with van der Waals surface area (Å²) in [7, 11) is 0. The summed E-state index contributed by atoms with van der Waals surface area (Å²) in [6.07, 6.45) is 13.7. The van der Waals surface area contributed by atoms with Gasteiger partial charge in [-0.2, -0.15) is 0 Å². The van der Waals surface area contributed by atoms with Gasteiger partial charge in [-0.25, -0.2) is 15.0 Å². The molecule has 3 unspecified atom stereocenters. The average Bonchev–Trinajstić information content (AvgIpc) is 3.52. The van der Waals surface area contributed by atoms with Crippen LogP contribution in [0.25, 0.3) is 45.1 Å². The molecule has 0 bridgehead atoms. The highest BCUT2D eigenvalue weighted by Crippen LogP contribution is 2.42. The minimum absolute atomic E-state index is 0.0702. The van der Waals surface area contributed by atoms with Crippen LogP contribution in [0.1, 0.15) is 135 Å².